The second-order valence-electron chi connectivity index (χ2n) is 2.00. The summed E-state index contributed by atoms with van der Waals surface area (Å²) < 4.78 is 0. The fourth-order valence-electron chi connectivity index (χ4n) is 0.465. The molecule has 0 aromatic carbocycles. The Morgan fingerprint density at radius 2 is 1.85 bits per heavy atom. The molecule has 1 rings (SSSR count). The van der Waals surface area contributed by atoms with Gasteiger partial charge in [0.1, 0.15) is 0 Å². The Balaban J connectivity index is 0.000000243. The fraction of sp³-hybridized carbons (Fsp3) is 0.286. The van der Waals surface area contributed by atoms with Gasteiger partial charge in [-0.05, 0) is 0 Å². The van der Waals surface area contributed by atoms with E-state index >= 15 is 0 Å². The maximum Gasteiger partial charge on any atom is 0.328 e. The Hall–Kier alpha value is -1.85. The van der Waals surface area contributed by atoms with Crippen molar-refractivity contribution in [3.8, 4) is 0 Å². The second kappa shape index (κ2) is 6.84. The van der Waals surface area contributed by atoms with Crippen molar-refractivity contribution >= 4 is 18.3 Å². The van der Waals surface area contributed by atoms with Crippen LogP contribution < -0.4 is 5.32 Å². The van der Waals surface area contributed by atoms with Gasteiger partial charge in [-0.3, -0.25) is 4.99 Å². The molecule has 72 valence electrons. The predicted molar refractivity (Wildman–Crippen MR) is 45.8 cm³/mol. The van der Waals surface area contributed by atoms with E-state index in [0.717, 1.165) is 13.1 Å². The van der Waals surface area contributed by atoms with Crippen LogP contribution in [0.3, 0.4) is 0 Å². The molecule has 6 heteroatoms. The summed E-state index contributed by atoms with van der Waals surface area (Å²) in [4.78, 5) is 23.0. The molecule has 0 amide bonds. The van der Waals surface area contributed by atoms with Crippen LogP contribution in [-0.2, 0) is 9.59 Å². The molecule has 0 radical (unpaired) electrons. The van der Waals surface area contributed by atoms with Crippen molar-refractivity contribution in [1.82, 2.24) is 5.32 Å². The molecule has 0 aromatic heterocycles. The number of rotatable bonds is 2. The van der Waals surface area contributed by atoms with Gasteiger partial charge in [0.15, 0.2) is 0 Å². The molecular formula is C7H10N2O4. The predicted octanol–water partition coefficient (Wildman–Crippen LogP) is -0.670. The highest BCUT2D eigenvalue weighted by molar-refractivity contribution is 5.89. The first-order valence-electron chi connectivity index (χ1n) is 3.48. The monoisotopic (exact) mass is 186 g/mol. The number of nitrogens with zero attached hydrogens (tertiary/aromatic N) is 1. The Bertz CT molecular complexity index is 213. The van der Waals surface area contributed by atoms with Crippen LogP contribution in [0.2, 0.25) is 0 Å². The van der Waals surface area contributed by atoms with Crippen LogP contribution in [-0.4, -0.2) is 41.6 Å². The third-order valence-corrected chi connectivity index (χ3v) is 0.936. The summed E-state index contributed by atoms with van der Waals surface area (Å²) in [7, 11) is 0. The molecule has 0 aromatic rings. The van der Waals surface area contributed by atoms with Crippen molar-refractivity contribution in [3.63, 3.8) is 0 Å². The van der Waals surface area contributed by atoms with Gasteiger partial charge in [0.05, 0.1) is 12.9 Å². The normalized spacial score (nSPS) is 13.2. The van der Waals surface area contributed by atoms with Gasteiger partial charge in [0.25, 0.3) is 0 Å². The number of hydrogen-bond donors (Lipinski definition) is 3. The minimum atomic E-state index is -1.26. The van der Waals surface area contributed by atoms with Gasteiger partial charge in [-0.15, -0.1) is 0 Å². The van der Waals surface area contributed by atoms with Crippen molar-refractivity contribution in [1.29, 1.82) is 0 Å². The van der Waals surface area contributed by atoms with Gasteiger partial charge in [0, 0.05) is 18.7 Å². The first-order chi connectivity index (χ1) is 6.13. The average molecular weight is 186 g/mol. The summed E-state index contributed by atoms with van der Waals surface area (Å²) in [6.45, 7) is 1.99. The summed E-state index contributed by atoms with van der Waals surface area (Å²) in [5.41, 5.74) is 0. The van der Waals surface area contributed by atoms with E-state index in [2.05, 4.69) is 10.3 Å². The topological polar surface area (TPSA) is 99.0 Å². The molecule has 3 N–H and O–H groups in total. The van der Waals surface area contributed by atoms with Crippen molar-refractivity contribution in [2.75, 3.05) is 13.1 Å². The zero-order chi connectivity index (χ0) is 10.1. The summed E-state index contributed by atoms with van der Waals surface area (Å²) in [5.74, 6) is -2.51. The molecule has 1 heterocycles. The molecule has 0 bridgehead atoms. The molecule has 0 fully saturated rings. The second-order valence-corrected chi connectivity index (χ2v) is 2.00. The lowest BCUT2D eigenvalue weighted by molar-refractivity contribution is -0.134. The first-order valence-corrected chi connectivity index (χ1v) is 3.48. The minimum Gasteiger partial charge on any atom is -0.478 e. The number of hydrogen-bond acceptors (Lipinski definition) is 4. The highest BCUT2D eigenvalue weighted by Crippen LogP contribution is 1.70. The Labute approximate surface area is 74.6 Å². The zero-order valence-corrected chi connectivity index (χ0v) is 6.80. The van der Waals surface area contributed by atoms with E-state index in [1.165, 1.54) is 0 Å². The summed E-state index contributed by atoms with van der Waals surface area (Å²) in [6, 6.07) is 0. The Morgan fingerprint density at radius 3 is 2.00 bits per heavy atom. The molecule has 0 spiro atoms. The Morgan fingerprint density at radius 1 is 1.31 bits per heavy atom. The van der Waals surface area contributed by atoms with Crippen LogP contribution in [0.1, 0.15) is 0 Å². The molecule has 0 aliphatic carbocycles. The summed E-state index contributed by atoms with van der Waals surface area (Å²) >= 11 is 0. The van der Waals surface area contributed by atoms with Gasteiger partial charge in [-0.25, -0.2) is 9.59 Å². The van der Waals surface area contributed by atoms with Crippen molar-refractivity contribution in [2.24, 2.45) is 4.99 Å². The molecular weight excluding hydrogens is 176 g/mol. The minimum absolute atomic E-state index is 0.558. The van der Waals surface area contributed by atoms with Crippen LogP contribution in [0, 0.1) is 0 Å². The van der Waals surface area contributed by atoms with Gasteiger partial charge >= 0.3 is 11.9 Å². The van der Waals surface area contributed by atoms with E-state index in [1.54, 1.807) is 6.34 Å². The molecule has 1 aliphatic heterocycles. The highest BCUT2D eigenvalue weighted by Gasteiger charge is 1.88. The van der Waals surface area contributed by atoms with E-state index in [4.69, 9.17) is 10.2 Å². The Kier molecular flexibility index (Phi) is 5.86. The van der Waals surface area contributed by atoms with Crippen LogP contribution in [0.4, 0.5) is 0 Å². The molecule has 0 saturated carbocycles. The van der Waals surface area contributed by atoms with Crippen LogP contribution >= 0.6 is 0 Å². The van der Waals surface area contributed by atoms with Crippen molar-refractivity contribution in [3.05, 3.63) is 12.2 Å². The molecule has 13 heavy (non-hydrogen) atoms. The summed E-state index contributed by atoms with van der Waals surface area (Å²) in [6.07, 6.45) is 2.85. The van der Waals surface area contributed by atoms with Crippen molar-refractivity contribution < 1.29 is 19.8 Å². The fourth-order valence-corrected chi connectivity index (χ4v) is 0.465. The standard InChI is InChI=1S/C4H4O4.C3H6N2/c5-3(6)1-2-4(7)8;1-2-5-3-4-1/h1-2H,(H,5,6)(H,7,8);3H,1-2H2,(H,4,5). The number of nitrogens with one attached hydrogen (secondary N) is 1. The van der Waals surface area contributed by atoms with Gasteiger partial charge < -0.3 is 15.5 Å². The van der Waals surface area contributed by atoms with E-state index in [1.807, 2.05) is 0 Å². The van der Waals surface area contributed by atoms with Gasteiger partial charge in [0.2, 0.25) is 0 Å². The maximum atomic E-state index is 9.55. The molecule has 0 atom stereocenters. The van der Waals surface area contributed by atoms with Crippen molar-refractivity contribution in [2.45, 2.75) is 0 Å². The summed E-state index contributed by atoms with van der Waals surface area (Å²) in [5, 5.41) is 18.6. The SMILES string of the molecule is C1=NCCN1.O=C(O)C=CC(=O)O. The van der Waals surface area contributed by atoms with E-state index in [-0.39, 0.29) is 0 Å². The van der Waals surface area contributed by atoms with E-state index in [0.29, 0.717) is 12.2 Å². The largest absolute Gasteiger partial charge is 0.478 e. The third-order valence-electron chi connectivity index (χ3n) is 0.936. The number of carboxylic acid groups (broad SMARTS) is 2. The number of aliphatic imine (C=N–C) groups is 1. The van der Waals surface area contributed by atoms with E-state index in [9.17, 15) is 9.59 Å². The quantitative estimate of drug-likeness (QED) is 0.497. The lowest BCUT2D eigenvalue weighted by Gasteiger charge is -1.75. The average Bonchev–Trinajstić information content (AvgIpc) is 2.57. The zero-order valence-electron chi connectivity index (χ0n) is 6.80. The smallest absolute Gasteiger partial charge is 0.328 e. The molecule has 0 unspecified atom stereocenters. The van der Waals surface area contributed by atoms with E-state index < -0.39 is 11.9 Å². The van der Waals surface area contributed by atoms with Crippen LogP contribution in [0.15, 0.2) is 17.1 Å². The number of carbonyl (C=O) groups is 2. The van der Waals surface area contributed by atoms with Crippen LogP contribution in [0.25, 0.3) is 0 Å². The lowest BCUT2D eigenvalue weighted by atomic mass is 10.5. The first kappa shape index (κ1) is 11.2. The molecule has 6 nitrogen and oxygen atoms in total. The highest BCUT2D eigenvalue weighted by atomic mass is 16.4. The third kappa shape index (κ3) is 10.2. The van der Waals surface area contributed by atoms with Gasteiger partial charge in [-0.1, -0.05) is 0 Å². The number of carboxylic acids is 2. The maximum absolute atomic E-state index is 9.55. The lowest BCUT2D eigenvalue weighted by Crippen LogP contribution is -2.04. The molecule has 1 aliphatic rings. The number of aliphatic carboxylic acids is 2. The van der Waals surface area contributed by atoms with Crippen LogP contribution in [0.5, 0.6) is 0 Å². The molecule has 0 saturated heterocycles. The van der Waals surface area contributed by atoms with Gasteiger partial charge in [-0.2, -0.15) is 0 Å².